The van der Waals surface area contributed by atoms with Gasteiger partial charge >= 0.3 is 0 Å². The highest BCUT2D eigenvalue weighted by molar-refractivity contribution is 7.89. The van der Waals surface area contributed by atoms with E-state index in [9.17, 15) is 8.42 Å². The molecular formula is C17H27NO5S. The quantitative estimate of drug-likeness (QED) is 0.783. The molecule has 0 spiro atoms. The second kappa shape index (κ2) is 7.72. The number of rotatable bonds is 6. The van der Waals surface area contributed by atoms with E-state index in [2.05, 4.69) is 0 Å². The van der Waals surface area contributed by atoms with Gasteiger partial charge in [0, 0.05) is 19.2 Å². The Labute approximate surface area is 144 Å². The van der Waals surface area contributed by atoms with Crippen molar-refractivity contribution < 1.29 is 22.6 Å². The van der Waals surface area contributed by atoms with Gasteiger partial charge in [-0.25, -0.2) is 8.42 Å². The second-order valence-electron chi connectivity index (χ2n) is 6.01. The van der Waals surface area contributed by atoms with Crippen molar-refractivity contribution >= 4 is 10.0 Å². The first-order chi connectivity index (χ1) is 11.3. The second-order valence-corrected chi connectivity index (χ2v) is 7.92. The third-order valence-electron chi connectivity index (χ3n) is 3.84. The molecule has 0 bridgehead atoms. The molecule has 2 rings (SSSR count). The fraction of sp³-hybridized carbons (Fsp3) is 0.647. The van der Waals surface area contributed by atoms with E-state index in [1.807, 2.05) is 34.6 Å². The van der Waals surface area contributed by atoms with Gasteiger partial charge in [-0.3, -0.25) is 0 Å². The highest BCUT2D eigenvalue weighted by Gasteiger charge is 2.34. The van der Waals surface area contributed by atoms with E-state index < -0.39 is 10.0 Å². The Hall–Kier alpha value is -1.31. The van der Waals surface area contributed by atoms with Crippen molar-refractivity contribution in [1.82, 2.24) is 4.31 Å². The minimum atomic E-state index is -3.69. The highest BCUT2D eigenvalue weighted by Crippen LogP contribution is 2.34. The number of hydrogen-bond donors (Lipinski definition) is 0. The summed E-state index contributed by atoms with van der Waals surface area (Å²) in [6, 6.07) is 3.30. The Morgan fingerprint density at radius 2 is 1.62 bits per heavy atom. The largest absolute Gasteiger partial charge is 0.494 e. The lowest BCUT2D eigenvalue weighted by Gasteiger charge is -2.34. The Balaban J connectivity index is 2.48. The van der Waals surface area contributed by atoms with Gasteiger partial charge in [0.2, 0.25) is 10.0 Å². The molecule has 1 heterocycles. The first-order valence-electron chi connectivity index (χ1n) is 8.35. The lowest BCUT2D eigenvalue weighted by Crippen LogP contribution is -2.48. The number of sulfonamides is 1. The zero-order chi connectivity index (χ0) is 17.9. The van der Waals surface area contributed by atoms with Crippen LogP contribution in [0.25, 0.3) is 0 Å². The van der Waals surface area contributed by atoms with Gasteiger partial charge < -0.3 is 14.2 Å². The van der Waals surface area contributed by atoms with Crippen LogP contribution < -0.4 is 9.47 Å². The van der Waals surface area contributed by atoms with Gasteiger partial charge in [-0.05, 0) is 46.2 Å². The van der Waals surface area contributed by atoms with Crippen molar-refractivity contribution in [3.8, 4) is 11.5 Å². The molecule has 0 unspecified atom stereocenters. The zero-order valence-electron chi connectivity index (χ0n) is 15.0. The molecule has 2 atom stereocenters. The minimum absolute atomic E-state index is 0.143. The van der Waals surface area contributed by atoms with E-state index in [0.29, 0.717) is 37.8 Å². The van der Waals surface area contributed by atoms with E-state index >= 15 is 0 Å². The van der Waals surface area contributed by atoms with E-state index in [1.54, 1.807) is 12.1 Å². The predicted molar refractivity (Wildman–Crippen MR) is 92.3 cm³/mol. The summed E-state index contributed by atoms with van der Waals surface area (Å²) < 4.78 is 44.6. The van der Waals surface area contributed by atoms with Gasteiger partial charge in [0.1, 0.15) is 16.4 Å². The summed E-state index contributed by atoms with van der Waals surface area (Å²) in [5.41, 5.74) is 0.850. The van der Waals surface area contributed by atoms with Gasteiger partial charge in [-0.2, -0.15) is 4.31 Å². The molecule has 0 N–H and O–H groups in total. The van der Waals surface area contributed by atoms with Crippen LogP contribution in [0.5, 0.6) is 11.5 Å². The lowest BCUT2D eigenvalue weighted by molar-refractivity contribution is -0.0441. The normalized spacial score (nSPS) is 22.4. The Morgan fingerprint density at radius 1 is 1.08 bits per heavy atom. The molecule has 0 amide bonds. The molecule has 1 aromatic rings. The molecule has 1 aliphatic rings. The summed E-state index contributed by atoms with van der Waals surface area (Å²) in [5, 5.41) is 0. The van der Waals surface area contributed by atoms with Gasteiger partial charge in [0.05, 0.1) is 25.4 Å². The lowest BCUT2D eigenvalue weighted by atomic mass is 10.2. The third-order valence-corrected chi connectivity index (χ3v) is 5.70. The maximum atomic E-state index is 13.2. The van der Waals surface area contributed by atoms with Crippen LogP contribution in [0, 0.1) is 6.92 Å². The van der Waals surface area contributed by atoms with E-state index in [-0.39, 0.29) is 17.1 Å². The third kappa shape index (κ3) is 4.02. The number of aryl methyl sites for hydroxylation is 1. The molecule has 24 heavy (non-hydrogen) atoms. The summed E-state index contributed by atoms with van der Waals surface area (Å²) in [6.45, 7) is 10.9. The van der Waals surface area contributed by atoms with Gasteiger partial charge in [0.15, 0.2) is 0 Å². The number of benzene rings is 1. The van der Waals surface area contributed by atoms with Crippen LogP contribution in [0.4, 0.5) is 0 Å². The molecule has 1 aliphatic heterocycles. The van der Waals surface area contributed by atoms with E-state index in [0.717, 1.165) is 5.56 Å². The molecular weight excluding hydrogens is 330 g/mol. The van der Waals surface area contributed by atoms with Crippen molar-refractivity contribution in [2.45, 2.75) is 51.7 Å². The molecule has 6 nitrogen and oxygen atoms in total. The highest BCUT2D eigenvalue weighted by atomic mass is 32.2. The average molecular weight is 357 g/mol. The van der Waals surface area contributed by atoms with Crippen LogP contribution in [0.3, 0.4) is 0 Å². The smallest absolute Gasteiger partial charge is 0.247 e. The Bertz CT molecular complexity index is 664. The van der Waals surface area contributed by atoms with Crippen molar-refractivity contribution in [3.63, 3.8) is 0 Å². The monoisotopic (exact) mass is 357 g/mol. The van der Waals surface area contributed by atoms with Crippen molar-refractivity contribution in [2.75, 3.05) is 26.3 Å². The van der Waals surface area contributed by atoms with Crippen LogP contribution in [0.1, 0.15) is 33.3 Å². The molecule has 0 radical (unpaired) electrons. The molecule has 0 saturated carbocycles. The topological polar surface area (TPSA) is 65.1 Å². The van der Waals surface area contributed by atoms with E-state index in [1.165, 1.54) is 4.31 Å². The molecule has 0 aromatic heterocycles. The van der Waals surface area contributed by atoms with Crippen LogP contribution >= 0.6 is 0 Å². The number of hydrogen-bond acceptors (Lipinski definition) is 5. The maximum Gasteiger partial charge on any atom is 0.247 e. The summed E-state index contributed by atoms with van der Waals surface area (Å²) in [5.74, 6) is 0.930. The standard InChI is InChI=1S/C17H27NO5S/c1-6-21-15-9-17(16(22-7-2)8-12(15)3)24(19,20)18-10-13(4)23-14(5)11-18/h8-9,13-14H,6-7,10-11H2,1-5H3/t13-,14-/m0/s1. The van der Waals surface area contributed by atoms with Crippen LogP contribution in [-0.2, 0) is 14.8 Å². The van der Waals surface area contributed by atoms with Crippen LogP contribution in [0.2, 0.25) is 0 Å². The number of ether oxygens (including phenoxy) is 3. The Morgan fingerprint density at radius 3 is 2.17 bits per heavy atom. The van der Waals surface area contributed by atoms with Crippen LogP contribution in [0.15, 0.2) is 17.0 Å². The molecule has 7 heteroatoms. The van der Waals surface area contributed by atoms with Gasteiger partial charge in [-0.1, -0.05) is 0 Å². The van der Waals surface area contributed by atoms with Crippen molar-refractivity contribution in [1.29, 1.82) is 0 Å². The minimum Gasteiger partial charge on any atom is -0.494 e. The zero-order valence-corrected chi connectivity index (χ0v) is 15.9. The maximum absolute atomic E-state index is 13.2. The molecule has 1 aromatic carbocycles. The molecule has 136 valence electrons. The first-order valence-corrected chi connectivity index (χ1v) is 9.79. The summed E-state index contributed by atoms with van der Waals surface area (Å²) in [4.78, 5) is 0.153. The summed E-state index contributed by atoms with van der Waals surface area (Å²) >= 11 is 0. The fourth-order valence-electron chi connectivity index (χ4n) is 2.89. The Kier molecular flexibility index (Phi) is 6.11. The van der Waals surface area contributed by atoms with Crippen molar-refractivity contribution in [3.05, 3.63) is 17.7 Å². The average Bonchev–Trinajstić information content (AvgIpc) is 2.49. The summed E-state index contributed by atoms with van der Waals surface area (Å²) in [7, 11) is -3.69. The predicted octanol–water partition coefficient (Wildman–Crippen LogP) is 2.59. The first kappa shape index (κ1) is 19.0. The number of nitrogens with zero attached hydrogens (tertiary/aromatic N) is 1. The summed E-state index contributed by atoms with van der Waals surface area (Å²) in [6.07, 6.45) is -0.285. The SMILES string of the molecule is CCOc1cc(S(=O)(=O)N2C[C@H](C)O[C@@H](C)C2)c(OCC)cc1C. The molecule has 1 fully saturated rings. The molecule has 1 saturated heterocycles. The van der Waals surface area contributed by atoms with Gasteiger partial charge in [0.25, 0.3) is 0 Å². The van der Waals surface area contributed by atoms with Crippen LogP contribution in [-0.4, -0.2) is 51.2 Å². The number of morpholine rings is 1. The van der Waals surface area contributed by atoms with Crippen molar-refractivity contribution in [2.24, 2.45) is 0 Å². The fourth-order valence-corrected chi connectivity index (χ4v) is 4.61. The van der Waals surface area contributed by atoms with E-state index in [4.69, 9.17) is 14.2 Å². The molecule has 0 aliphatic carbocycles. The van der Waals surface area contributed by atoms with Gasteiger partial charge in [-0.15, -0.1) is 0 Å².